The minimum atomic E-state index is -3.51. The van der Waals surface area contributed by atoms with Crippen LogP contribution in [0.1, 0.15) is 31.9 Å². The van der Waals surface area contributed by atoms with E-state index in [1.165, 1.54) is 11.3 Å². The van der Waals surface area contributed by atoms with E-state index in [2.05, 4.69) is 23.9 Å². The van der Waals surface area contributed by atoms with Crippen molar-refractivity contribution in [3.05, 3.63) is 46.7 Å². The molecule has 0 saturated heterocycles. The third-order valence-corrected chi connectivity index (χ3v) is 5.24. The van der Waals surface area contributed by atoms with Crippen molar-refractivity contribution >= 4 is 27.0 Å². The van der Waals surface area contributed by atoms with Crippen LogP contribution in [0.4, 0.5) is 5.69 Å². The minimum Gasteiger partial charge on any atom is -0.310 e. The van der Waals surface area contributed by atoms with E-state index < -0.39 is 10.0 Å². The standard InChI is InChI=1S/C15H20N2O2S2/c1-3-9-16-12(2)13-4-6-15(7-5-13)21(18,19)17-14-8-10-20-11-14/h4-8,10-12,16-17H,3,9H2,1-2H3. The number of nitrogens with one attached hydrogen (secondary N) is 2. The fraction of sp³-hybridized carbons (Fsp3) is 0.333. The van der Waals surface area contributed by atoms with E-state index in [1.807, 2.05) is 17.5 Å². The van der Waals surface area contributed by atoms with Gasteiger partial charge in [-0.2, -0.15) is 11.3 Å². The lowest BCUT2D eigenvalue weighted by atomic mass is 10.1. The maximum atomic E-state index is 12.2. The highest BCUT2D eigenvalue weighted by atomic mass is 32.2. The summed E-state index contributed by atoms with van der Waals surface area (Å²) in [6.07, 6.45) is 1.07. The van der Waals surface area contributed by atoms with Crippen molar-refractivity contribution in [2.24, 2.45) is 0 Å². The van der Waals surface area contributed by atoms with Gasteiger partial charge in [0.15, 0.2) is 0 Å². The molecular formula is C15H20N2O2S2. The van der Waals surface area contributed by atoms with Gasteiger partial charge in [-0.3, -0.25) is 4.72 Å². The monoisotopic (exact) mass is 324 g/mol. The molecule has 1 unspecified atom stereocenters. The first-order valence-electron chi connectivity index (χ1n) is 6.91. The molecule has 1 aromatic carbocycles. The molecule has 0 aliphatic carbocycles. The van der Waals surface area contributed by atoms with Crippen LogP contribution in [0.5, 0.6) is 0 Å². The van der Waals surface area contributed by atoms with Crippen molar-refractivity contribution in [2.75, 3.05) is 11.3 Å². The van der Waals surface area contributed by atoms with Crippen LogP contribution < -0.4 is 10.0 Å². The van der Waals surface area contributed by atoms with Crippen LogP contribution in [-0.2, 0) is 10.0 Å². The number of hydrogen-bond donors (Lipinski definition) is 2. The summed E-state index contributed by atoms with van der Waals surface area (Å²) in [5, 5.41) is 6.98. The summed E-state index contributed by atoms with van der Waals surface area (Å²) < 4.78 is 27.0. The normalized spacial score (nSPS) is 13.0. The van der Waals surface area contributed by atoms with E-state index in [1.54, 1.807) is 23.6 Å². The van der Waals surface area contributed by atoms with E-state index in [4.69, 9.17) is 0 Å². The molecule has 0 saturated carbocycles. The van der Waals surface area contributed by atoms with E-state index in [-0.39, 0.29) is 10.9 Å². The molecule has 0 spiro atoms. The fourth-order valence-electron chi connectivity index (χ4n) is 1.95. The van der Waals surface area contributed by atoms with Crippen molar-refractivity contribution in [3.8, 4) is 0 Å². The molecular weight excluding hydrogens is 304 g/mol. The summed E-state index contributed by atoms with van der Waals surface area (Å²) in [6.45, 7) is 5.13. The van der Waals surface area contributed by atoms with Crippen LogP contribution in [0, 0.1) is 0 Å². The molecule has 0 amide bonds. The van der Waals surface area contributed by atoms with Gasteiger partial charge >= 0.3 is 0 Å². The number of thiophene rings is 1. The zero-order chi connectivity index (χ0) is 15.3. The van der Waals surface area contributed by atoms with Gasteiger partial charge in [0, 0.05) is 11.4 Å². The van der Waals surface area contributed by atoms with Crippen molar-refractivity contribution < 1.29 is 8.42 Å². The second-order valence-corrected chi connectivity index (χ2v) is 7.32. The summed E-state index contributed by atoms with van der Waals surface area (Å²) in [4.78, 5) is 0.278. The molecule has 2 rings (SSSR count). The molecule has 2 N–H and O–H groups in total. The van der Waals surface area contributed by atoms with Crippen LogP contribution in [0.2, 0.25) is 0 Å². The summed E-state index contributed by atoms with van der Waals surface area (Å²) >= 11 is 1.45. The van der Waals surface area contributed by atoms with Gasteiger partial charge in [-0.1, -0.05) is 19.1 Å². The lowest BCUT2D eigenvalue weighted by Crippen LogP contribution is -2.19. The molecule has 1 atom stereocenters. The molecule has 6 heteroatoms. The Bertz CT molecular complexity index is 649. The third kappa shape index (κ3) is 4.30. The van der Waals surface area contributed by atoms with Crippen LogP contribution in [0.3, 0.4) is 0 Å². The predicted molar refractivity (Wildman–Crippen MR) is 88.3 cm³/mol. The molecule has 2 aromatic rings. The number of hydrogen-bond acceptors (Lipinski definition) is 4. The molecule has 1 heterocycles. The van der Waals surface area contributed by atoms with Gasteiger partial charge in [0.05, 0.1) is 10.6 Å². The Kier molecular flexibility index (Phi) is 5.39. The molecule has 114 valence electrons. The SMILES string of the molecule is CCCNC(C)c1ccc(S(=O)(=O)Nc2ccsc2)cc1. The zero-order valence-corrected chi connectivity index (χ0v) is 13.8. The number of sulfonamides is 1. The van der Waals surface area contributed by atoms with Gasteiger partial charge in [0.2, 0.25) is 0 Å². The first-order valence-corrected chi connectivity index (χ1v) is 9.34. The molecule has 4 nitrogen and oxygen atoms in total. The van der Waals surface area contributed by atoms with E-state index >= 15 is 0 Å². The maximum Gasteiger partial charge on any atom is 0.261 e. The molecule has 1 aromatic heterocycles. The molecule has 0 aliphatic heterocycles. The van der Waals surface area contributed by atoms with Crippen LogP contribution in [-0.4, -0.2) is 15.0 Å². The minimum absolute atomic E-state index is 0.214. The smallest absolute Gasteiger partial charge is 0.261 e. The number of anilines is 1. The number of benzene rings is 1. The molecule has 0 bridgehead atoms. The highest BCUT2D eigenvalue weighted by molar-refractivity contribution is 7.92. The second-order valence-electron chi connectivity index (χ2n) is 4.86. The first kappa shape index (κ1) is 16.0. The zero-order valence-electron chi connectivity index (χ0n) is 12.2. The molecule has 0 fully saturated rings. The van der Waals surface area contributed by atoms with Crippen LogP contribution >= 0.6 is 11.3 Å². The van der Waals surface area contributed by atoms with Crippen molar-refractivity contribution in [2.45, 2.75) is 31.2 Å². The Labute approximate surface area is 130 Å². The maximum absolute atomic E-state index is 12.2. The summed E-state index contributed by atoms with van der Waals surface area (Å²) in [6, 6.07) is 8.97. The summed E-state index contributed by atoms with van der Waals surface area (Å²) in [5.41, 5.74) is 1.68. The summed E-state index contributed by atoms with van der Waals surface area (Å²) in [7, 11) is -3.51. The quantitative estimate of drug-likeness (QED) is 0.818. The number of rotatable bonds is 7. The van der Waals surface area contributed by atoms with Gasteiger partial charge in [-0.05, 0) is 49.0 Å². The molecule has 0 radical (unpaired) electrons. The van der Waals surface area contributed by atoms with Crippen LogP contribution in [0.25, 0.3) is 0 Å². The Hall–Kier alpha value is -1.37. The molecule has 0 aliphatic rings. The van der Waals surface area contributed by atoms with E-state index in [0.29, 0.717) is 5.69 Å². The highest BCUT2D eigenvalue weighted by Crippen LogP contribution is 2.20. The van der Waals surface area contributed by atoms with Crippen molar-refractivity contribution in [1.82, 2.24) is 5.32 Å². The van der Waals surface area contributed by atoms with Gasteiger partial charge in [0.1, 0.15) is 0 Å². The predicted octanol–water partition coefficient (Wildman–Crippen LogP) is 3.61. The average molecular weight is 324 g/mol. The van der Waals surface area contributed by atoms with E-state index in [0.717, 1.165) is 18.5 Å². The lowest BCUT2D eigenvalue weighted by Gasteiger charge is -2.14. The fourth-order valence-corrected chi connectivity index (χ4v) is 3.66. The average Bonchev–Trinajstić information content (AvgIpc) is 2.97. The van der Waals surface area contributed by atoms with Gasteiger partial charge < -0.3 is 5.32 Å². The Morgan fingerprint density at radius 1 is 1.19 bits per heavy atom. The van der Waals surface area contributed by atoms with Gasteiger partial charge in [-0.15, -0.1) is 0 Å². The first-order chi connectivity index (χ1) is 10.0. The second kappa shape index (κ2) is 7.06. The lowest BCUT2D eigenvalue weighted by molar-refractivity contribution is 0.570. The Morgan fingerprint density at radius 3 is 2.48 bits per heavy atom. The van der Waals surface area contributed by atoms with Gasteiger partial charge in [-0.25, -0.2) is 8.42 Å². The van der Waals surface area contributed by atoms with Crippen molar-refractivity contribution in [1.29, 1.82) is 0 Å². The Balaban J connectivity index is 2.11. The molecule has 21 heavy (non-hydrogen) atoms. The van der Waals surface area contributed by atoms with Crippen molar-refractivity contribution in [3.63, 3.8) is 0 Å². The van der Waals surface area contributed by atoms with E-state index in [9.17, 15) is 8.42 Å². The third-order valence-electron chi connectivity index (χ3n) is 3.16. The van der Waals surface area contributed by atoms with Gasteiger partial charge in [0.25, 0.3) is 10.0 Å². The summed E-state index contributed by atoms with van der Waals surface area (Å²) in [5.74, 6) is 0. The Morgan fingerprint density at radius 2 is 1.90 bits per heavy atom. The largest absolute Gasteiger partial charge is 0.310 e. The van der Waals surface area contributed by atoms with Crippen LogP contribution in [0.15, 0.2) is 46.0 Å². The topological polar surface area (TPSA) is 58.2 Å². The highest BCUT2D eigenvalue weighted by Gasteiger charge is 2.15.